The molecule has 0 saturated heterocycles. The summed E-state index contributed by atoms with van der Waals surface area (Å²) in [4.78, 5) is 25.8. The highest BCUT2D eigenvalue weighted by Gasteiger charge is 2.18. The number of carbonyl (C=O) groups excluding carboxylic acids is 1. The lowest BCUT2D eigenvalue weighted by atomic mass is 10.3. The second kappa shape index (κ2) is 6.99. The summed E-state index contributed by atoms with van der Waals surface area (Å²) in [6.45, 7) is 1.29. The van der Waals surface area contributed by atoms with Crippen LogP contribution in [-0.4, -0.2) is 22.4 Å². The van der Waals surface area contributed by atoms with Gasteiger partial charge < -0.3 is 20.2 Å². The van der Waals surface area contributed by atoms with Gasteiger partial charge in [-0.15, -0.1) is 0 Å². The van der Waals surface area contributed by atoms with Crippen LogP contribution < -0.4 is 10.1 Å². The monoisotopic (exact) mass is 365 g/mol. The number of anilines is 1. The van der Waals surface area contributed by atoms with Crippen LogP contribution in [0.15, 0.2) is 40.9 Å². The number of amides is 1. The predicted octanol–water partition coefficient (Wildman–Crippen LogP) is 3.08. The third-order valence-electron chi connectivity index (χ3n) is 2.62. The lowest BCUT2D eigenvalue weighted by molar-refractivity contribution is -0.390. The van der Waals surface area contributed by atoms with Crippen LogP contribution >= 0.6 is 15.9 Å². The number of hydrogen-bond acceptors (Lipinski definition) is 5. The van der Waals surface area contributed by atoms with Gasteiger partial charge in [-0.3, -0.25) is 4.79 Å². The minimum atomic E-state index is -0.644. The Balaban J connectivity index is 2.01. The van der Waals surface area contributed by atoms with Crippen LogP contribution in [0.5, 0.6) is 5.75 Å². The second-order valence-corrected chi connectivity index (χ2v) is 5.29. The molecule has 2 rings (SSSR count). The number of aromatic nitrogens is 1. The molecule has 1 N–H and O–H groups in total. The first-order chi connectivity index (χ1) is 10.5. The highest BCUT2D eigenvalue weighted by molar-refractivity contribution is 9.10. The summed E-state index contributed by atoms with van der Waals surface area (Å²) >= 11 is 3.29. The fourth-order valence-electron chi connectivity index (χ4n) is 1.68. The van der Waals surface area contributed by atoms with Crippen LogP contribution in [0, 0.1) is 17.0 Å². The summed E-state index contributed by atoms with van der Waals surface area (Å²) < 4.78 is 6.01. The number of benzene rings is 1. The normalized spacial score (nSPS) is 10.1. The van der Waals surface area contributed by atoms with Crippen LogP contribution in [0.2, 0.25) is 0 Å². The van der Waals surface area contributed by atoms with Crippen molar-refractivity contribution in [2.24, 2.45) is 0 Å². The summed E-state index contributed by atoms with van der Waals surface area (Å²) in [5, 5.41) is 13.5. The average molecular weight is 366 g/mol. The molecule has 0 saturated carbocycles. The molecular weight excluding hydrogens is 354 g/mol. The van der Waals surface area contributed by atoms with E-state index in [-0.39, 0.29) is 12.4 Å². The van der Waals surface area contributed by atoms with Gasteiger partial charge in [0.15, 0.2) is 6.61 Å². The summed E-state index contributed by atoms with van der Waals surface area (Å²) in [5.74, 6) is -0.872. The molecule has 0 aliphatic carbocycles. The predicted molar refractivity (Wildman–Crippen MR) is 83.9 cm³/mol. The fraction of sp³-hybridized carbons (Fsp3) is 0.143. The zero-order valence-corrected chi connectivity index (χ0v) is 13.2. The highest BCUT2D eigenvalue weighted by Crippen LogP contribution is 2.24. The van der Waals surface area contributed by atoms with Crippen LogP contribution in [-0.2, 0) is 4.79 Å². The molecule has 7 nitrogen and oxygen atoms in total. The number of nitrogens with zero attached hydrogens (tertiary/aromatic N) is 2. The van der Waals surface area contributed by atoms with Gasteiger partial charge in [-0.2, -0.15) is 0 Å². The molecule has 114 valence electrons. The molecule has 22 heavy (non-hydrogen) atoms. The van der Waals surface area contributed by atoms with Crippen molar-refractivity contribution in [1.82, 2.24) is 4.98 Å². The molecular formula is C14H12BrN3O4. The Hall–Kier alpha value is -2.48. The topological polar surface area (TPSA) is 94.4 Å². The lowest BCUT2D eigenvalue weighted by Gasteiger charge is -2.08. The molecule has 0 aliphatic heterocycles. The third-order valence-corrected chi connectivity index (χ3v) is 3.11. The van der Waals surface area contributed by atoms with Gasteiger partial charge in [-0.1, -0.05) is 22.0 Å². The fourth-order valence-corrected chi connectivity index (χ4v) is 2.08. The Morgan fingerprint density at radius 1 is 1.41 bits per heavy atom. The molecule has 0 spiro atoms. The van der Waals surface area contributed by atoms with Crippen molar-refractivity contribution in [3.63, 3.8) is 0 Å². The van der Waals surface area contributed by atoms with E-state index < -0.39 is 16.6 Å². The number of carbonyl (C=O) groups is 1. The maximum absolute atomic E-state index is 11.8. The zero-order valence-electron chi connectivity index (χ0n) is 11.6. The van der Waals surface area contributed by atoms with E-state index in [1.165, 1.54) is 6.07 Å². The van der Waals surface area contributed by atoms with Crippen molar-refractivity contribution in [1.29, 1.82) is 0 Å². The SMILES string of the molecule is Cc1ccc(OCC(=O)Nc2cccc(Br)c2)c([N+](=O)[O-])n1. The first-order valence-corrected chi connectivity index (χ1v) is 7.05. The van der Waals surface area contributed by atoms with Gasteiger partial charge in [-0.05, 0) is 40.2 Å². The number of halogens is 1. The maximum Gasteiger partial charge on any atom is 0.406 e. The summed E-state index contributed by atoms with van der Waals surface area (Å²) in [7, 11) is 0. The number of nitro groups is 1. The van der Waals surface area contributed by atoms with Gasteiger partial charge in [0.25, 0.3) is 5.91 Å². The first kappa shape index (κ1) is 15.9. The first-order valence-electron chi connectivity index (χ1n) is 6.26. The van der Waals surface area contributed by atoms with E-state index >= 15 is 0 Å². The molecule has 8 heteroatoms. The van der Waals surface area contributed by atoms with Gasteiger partial charge in [0.2, 0.25) is 5.75 Å². The molecule has 1 amide bonds. The van der Waals surface area contributed by atoms with E-state index in [1.807, 2.05) is 6.07 Å². The average Bonchev–Trinajstić information content (AvgIpc) is 2.45. The lowest BCUT2D eigenvalue weighted by Crippen LogP contribution is -2.20. The van der Waals surface area contributed by atoms with E-state index in [9.17, 15) is 14.9 Å². The van der Waals surface area contributed by atoms with Crippen LogP contribution in [0.3, 0.4) is 0 Å². The van der Waals surface area contributed by atoms with Crippen molar-refractivity contribution in [2.75, 3.05) is 11.9 Å². The van der Waals surface area contributed by atoms with Crippen molar-refractivity contribution < 1.29 is 14.5 Å². The summed E-state index contributed by atoms with van der Waals surface area (Å²) in [6, 6.07) is 10.1. The Bertz CT molecular complexity index is 721. The zero-order chi connectivity index (χ0) is 16.1. The number of aryl methyl sites for hydroxylation is 1. The van der Waals surface area contributed by atoms with Crippen LogP contribution in [0.25, 0.3) is 0 Å². The number of rotatable bonds is 5. The molecule has 0 fully saturated rings. The number of hydrogen-bond donors (Lipinski definition) is 1. The van der Waals surface area contributed by atoms with Crippen LogP contribution in [0.4, 0.5) is 11.5 Å². The van der Waals surface area contributed by atoms with Crippen molar-refractivity contribution in [2.45, 2.75) is 6.92 Å². The van der Waals surface area contributed by atoms with E-state index in [4.69, 9.17) is 4.74 Å². The second-order valence-electron chi connectivity index (χ2n) is 4.38. The summed E-state index contributed by atoms with van der Waals surface area (Å²) in [5.41, 5.74) is 1.09. The third kappa shape index (κ3) is 4.26. The van der Waals surface area contributed by atoms with Gasteiger partial charge >= 0.3 is 5.82 Å². The molecule has 0 atom stereocenters. The van der Waals surface area contributed by atoms with E-state index in [0.29, 0.717) is 11.4 Å². The number of nitrogens with one attached hydrogen (secondary N) is 1. The van der Waals surface area contributed by atoms with Crippen molar-refractivity contribution in [3.8, 4) is 5.75 Å². The van der Waals surface area contributed by atoms with E-state index in [0.717, 1.165) is 4.47 Å². The highest BCUT2D eigenvalue weighted by atomic mass is 79.9. The minimum Gasteiger partial charge on any atom is -0.476 e. The number of ether oxygens (including phenoxy) is 1. The molecule has 1 aromatic carbocycles. The minimum absolute atomic E-state index is 0.0417. The van der Waals surface area contributed by atoms with Gasteiger partial charge in [0, 0.05) is 17.1 Å². The summed E-state index contributed by atoms with van der Waals surface area (Å²) in [6.07, 6.45) is 0. The van der Waals surface area contributed by atoms with Crippen LogP contribution in [0.1, 0.15) is 5.69 Å². The molecule has 0 radical (unpaired) electrons. The maximum atomic E-state index is 11.8. The molecule has 1 heterocycles. The largest absolute Gasteiger partial charge is 0.476 e. The Morgan fingerprint density at radius 3 is 2.86 bits per heavy atom. The smallest absolute Gasteiger partial charge is 0.406 e. The van der Waals surface area contributed by atoms with E-state index in [2.05, 4.69) is 26.2 Å². The molecule has 0 aliphatic rings. The Morgan fingerprint density at radius 2 is 2.18 bits per heavy atom. The van der Waals surface area contributed by atoms with Crippen molar-refractivity contribution in [3.05, 3.63) is 56.7 Å². The van der Waals surface area contributed by atoms with Gasteiger partial charge in [0.1, 0.15) is 5.69 Å². The van der Waals surface area contributed by atoms with E-state index in [1.54, 1.807) is 31.2 Å². The van der Waals surface area contributed by atoms with Gasteiger partial charge in [-0.25, -0.2) is 0 Å². The molecule has 2 aromatic rings. The Kier molecular flexibility index (Phi) is 5.05. The molecule has 1 aromatic heterocycles. The van der Waals surface area contributed by atoms with Crippen molar-refractivity contribution >= 4 is 33.3 Å². The molecule has 0 unspecified atom stereocenters. The molecule has 0 bridgehead atoms. The van der Waals surface area contributed by atoms with Gasteiger partial charge in [0.05, 0.1) is 0 Å². The quantitative estimate of drug-likeness (QED) is 0.648. The Labute approximate surface area is 134 Å². The standard InChI is InChI=1S/C14H12BrN3O4/c1-9-5-6-12(14(16-9)18(20)21)22-8-13(19)17-11-4-2-3-10(15)7-11/h2-7H,8H2,1H3,(H,17,19). The number of pyridine rings is 1.